The van der Waals surface area contributed by atoms with Crippen LogP contribution in [0.15, 0.2) is 59.6 Å². The molecule has 4 aromatic rings. The number of anilines is 1. The van der Waals surface area contributed by atoms with E-state index in [4.69, 9.17) is 10.5 Å². The minimum atomic E-state index is -3.35. The molecule has 0 unspecified atom stereocenters. The first kappa shape index (κ1) is 21.5. The summed E-state index contributed by atoms with van der Waals surface area (Å²) in [6.45, 7) is 0.856. The van der Waals surface area contributed by atoms with Crippen molar-refractivity contribution >= 4 is 15.8 Å². The summed E-state index contributed by atoms with van der Waals surface area (Å²) < 4.78 is 30.6. The monoisotopic (exact) mass is 451 g/mol. The lowest BCUT2D eigenvalue weighted by Crippen LogP contribution is -2.04. The molecule has 2 N–H and O–H groups in total. The standard InChI is InChI=1S/C21H21N7O3S/c1-31-13-16-7-4-6-15(23-16)11-28-12-20(26-27-28)19-10-18(24-21(22)25-19)14-5-3-8-17(9-14)32(2,29)30/h3-10,12H,11,13H2,1-2H3,(H2,22,24,25). The molecular weight excluding hydrogens is 430 g/mol. The molecule has 32 heavy (non-hydrogen) atoms. The molecule has 0 aliphatic heterocycles. The molecule has 0 amide bonds. The molecule has 3 heterocycles. The number of benzene rings is 1. The maximum Gasteiger partial charge on any atom is 0.221 e. The van der Waals surface area contributed by atoms with Gasteiger partial charge in [0.15, 0.2) is 9.84 Å². The lowest BCUT2D eigenvalue weighted by molar-refractivity contribution is 0.181. The summed E-state index contributed by atoms with van der Waals surface area (Å²) in [4.78, 5) is 13.2. The average molecular weight is 452 g/mol. The third kappa shape index (κ3) is 4.95. The van der Waals surface area contributed by atoms with Crippen molar-refractivity contribution in [1.82, 2.24) is 29.9 Å². The van der Waals surface area contributed by atoms with Crippen LogP contribution in [0.1, 0.15) is 11.4 Å². The maximum absolute atomic E-state index is 11.9. The van der Waals surface area contributed by atoms with Crippen LogP contribution in [0.4, 0.5) is 5.95 Å². The Bertz CT molecular complexity index is 1370. The van der Waals surface area contributed by atoms with Gasteiger partial charge in [-0.15, -0.1) is 5.10 Å². The Morgan fingerprint density at radius 3 is 2.50 bits per heavy atom. The van der Waals surface area contributed by atoms with E-state index in [2.05, 4.69) is 25.3 Å². The minimum Gasteiger partial charge on any atom is -0.378 e. The maximum atomic E-state index is 11.9. The van der Waals surface area contributed by atoms with Crippen LogP contribution in [-0.2, 0) is 27.7 Å². The van der Waals surface area contributed by atoms with Gasteiger partial charge in [0.1, 0.15) is 5.69 Å². The number of rotatable bonds is 7. The Morgan fingerprint density at radius 1 is 0.969 bits per heavy atom. The summed E-state index contributed by atoms with van der Waals surface area (Å²) in [5, 5.41) is 8.35. The second-order valence-corrected chi connectivity index (χ2v) is 9.17. The van der Waals surface area contributed by atoms with Gasteiger partial charge in [0.05, 0.1) is 47.0 Å². The van der Waals surface area contributed by atoms with Gasteiger partial charge in [0, 0.05) is 18.9 Å². The van der Waals surface area contributed by atoms with Gasteiger partial charge < -0.3 is 10.5 Å². The van der Waals surface area contributed by atoms with E-state index in [0.29, 0.717) is 35.8 Å². The number of nitrogen functional groups attached to an aromatic ring is 1. The first-order chi connectivity index (χ1) is 15.3. The van der Waals surface area contributed by atoms with Crippen molar-refractivity contribution < 1.29 is 13.2 Å². The number of ether oxygens (including phenoxy) is 1. The largest absolute Gasteiger partial charge is 0.378 e. The summed E-state index contributed by atoms with van der Waals surface area (Å²) in [7, 11) is -1.73. The number of hydrogen-bond donors (Lipinski definition) is 1. The van der Waals surface area contributed by atoms with Crippen molar-refractivity contribution in [3.63, 3.8) is 0 Å². The van der Waals surface area contributed by atoms with Crippen LogP contribution in [0.2, 0.25) is 0 Å². The second kappa shape index (κ2) is 8.81. The van der Waals surface area contributed by atoms with Crippen LogP contribution < -0.4 is 5.73 Å². The first-order valence-corrected chi connectivity index (χ1v) is 11.5. The zero-order chi connectivity index (χ0) is 22.7. The second-order valence-electron chi connectivity index (χ2n) is 7.15. The molecule has 0 fully saturated rings. The molecule has 164 valence electrons. The van der Waals surface area contributed by atoms with E-state index in [1.165, 1.54) is 6.07 Å². The molecule has 11 heteroatoms. The molecular formula is C21H21N7O3S. The highest BCUT2D eigenvalue weighted by Crippen LogP contribution is 2.25. The third-order valence-corrected chi connectivity index (χ3v) is 5.69. The van der Waals surface area contributed by atoms with E-state index in [1.54, 1.807) is 42.3 Å². The minimum absolute atomic E-state index is 0.0470. The van der Waals surface area contributed by atoms with E-state index in [-0.39, 0.29) is 10.8 Å². The summed E-state index contributed by atoms with van der Waals surface area (Å²) in [6.07, 6.45) is 2.90. The fourth-order valence-corrected chi connectivity index (χ4v) is 3.80. The van der Waals surface area contributed by atoms with Crippen molar-refractivity contribution in [2.24, 2.45) is 0 Å². The Labute approximate surface area is 185 Å². The van der Waals surface area contributed by atoms with Gasteiger partial charge in [-0.2, -0.15) is 0 Å². The van der Waals surface area contributed by atoms with Crippen LogP contribution in [0.3, 0.4) is 0 Å². The van der Waals surface area contributed by atoms with Crippen molar-refractivity contribution in [3.8, 4) is 22.6 Å². The van der Waals surface area contributed by atoms with Crippen LogP contribution in [0.5, 0.6) is 0 Å². The normalized spacial score (nSPS) is 11.6. The molecule has 10 nitrogen and oxygen atoms in total. The predicted molar refractivity (Wildman–Crippen MR) is 118 cm³/mol. The fourth-order valence-electron chi connectivity index (χ4n) is 3.14. The van der Waals surface area contributed by atoms with Crippen LogP contribution in [0.25, 0.3) is 22.6 Å². The Morgan fingerprint density at radius 2 is 1.72 bits per heavy atom. The van der Waals surface area contributed by atoms with E-state index >= 15 is 0 Å². The number of nitrogens with zero attached hydrogens (tertiary/aromatic N) is 6. The molecule has 0 aliphatic carbocycles. The van der Waals surface area contributed by atoms with Crippen molar-refractivity contribution in [1.29, 1.82) is 0 Å². The number of hydrogen-bond acceptors (Lipinski definition) is 9. The molecule has 0 saturated carbocycles. The summed E-state index contributed by atoms with van der Waals surface area (Å²) in [5.74, 6) is 0.0470. The zero-order valence-electron chi connectivity index (χ0n) is 17.5. The van der Waals surface area contributed by atoms with Gasteiger partial charge in [0.25, 0.3) is 0 Å². The molecule has 4 rings (SSSR count). The highest BCUT2D eigenvalue weighted by atomic mass is 32.2. The van der Waals surface area contributed by atoms with Gasteiger partial charge in [-0.05, 0) is 30.3 Å². The molecule has 0 saturated heterocycles. The van der Waals surface area contributed by atoms with Crippen molar-refractivity contribution in [3.05, 3.63) is 66.1 Å². The lowest BCUT2D eigenvalue weighted by Gasteiger charge is -2.06. The highest BCUT2D eigenvalue weighted by molar-refractivity contribution is 7.90. The van der Waals surface area contributed by atoms with E-state index in [9.17, 15) is 8.42 Å². The van der Waals surface area contributed by atoms with Crippen LogP contribution in [-0.4, -0.2) is 51.7 Å². The fraction of sp³-hybridized carbons (Fsp3) is 0.190. The van der Waals surface area contributed by atoms with E-state index in [1.807, 2.05) is 18.2 Å². The number of aromatic nitrogens is 6. The first-order valence-electron chi connectivity index (χ1n) is 9.61. The number of methoxy groups -OCH3 is 1. The summed E-state index contributed by atoms with van der Waals surface area (Å²) in [5.41, 5.74) is 9.64. The van der Waals surface area contributed by atoms with Gasteiger partial charge in [0.2, 0.25) is 5.95 Å². The van der Waals surface area contributed by atoms with Crippen LogP contribution in [0, 0.1) is 0 Å². The molecule has 0 atom stereocenters. The smallest absolute Gasteiger partial charge is 0.221 e. The number of sulfone groups is 1. The molecule has 0 aliphatic rings. The number of nitrogens with two attached hydrogens (primary N) is 1. The molecule has 1 aromatic carbocycles. The molecule has 0 bridgehead atoms. The highest BCUT2D eigenvalue weighted by Gasteiger charge is 2.13. The predicted octanol–water partition coefficient (Wildman–Crippen LogP) is 1.98. The quantitative estimate of drug-likeness (QED) is 0.447. The van der Waals surface area contributed by atoms with Gasteiger partial charge >= 0.3 is 0 Å². The van der Waals surface area contributed by atoms with Crippen molar-refractivity contribution in [2.75, 3.05) is 19.1 Å². The van der Waals surface area contributed by atoms with Crippen molar-refractivity contribution in [2.45, 2.75) is 18.0 Å². The Hall–Kier alpha value is -3.70. The van der Waals surface area contributed by atoms with E-state index in [0.717, 1.165) is 17.6 Å². The molecule has 0 radical (unpaired) electrons. The zero-order valence-corrected chi connectivity index (χ0v) is 18.3. The summed E-state index contributed by atoms with van der Waals surface area (Å²) in [6, 6.07) is 13.9. The Kier molecular flexibility index (Phi) is 5.93. The van der Waals surface area contributed by atoms with Crippen LogP contribution >= 0.6 is 0 Å². The van der Waals surface area contributed by atoms with Gasteiger partial charge in [-0.25, -0.2) is 23.1 Å². The third-order valence-electron chi connectivity index (χ3n) is 4.58. The lowest BCUT2D eigenvalue weighted by atomic mass is 10.1. The van der Waals surface area contributed by atoms with E-state index < -0.39 is 9.84 Å². The average Bonchev–Trinajstić information content (AvgIpc) is 3.22. The topological polar surface area (TPSA) is 139 Å². The Balaban J connectivity index is 1.63. The van der Waals surface area contributed by atoms with Gasteiger partial charge in [-0.3, -0.25) is 4.98 Å². The molecule has 0 spiro atoms. The number of pyridine rings is 1. The SMILES string of the molecule is COCc1cccc(Cn2cc(-c3cc(-c4cccc(S(C)(=O)=O)c4)nc(N)n3)nn2)n1. The molecule has 3 aromatic heterocycles. The summed E-state index contributed by atoms with van der Waals surface area (Å²) >= 11 is 0. The van der Waals surface area contributed by atoms with Gasteiger partial charge in [-0.1, -0.05) is 23.4 Å².